The number of halogens is 2. The maximum absolute atomic E-state index is 13.5. The Hall–Kier alpha value is -1.66. The first-order valence-electron chi connectivity index (χ1n) is 6.03. The molecular formula is C13H16ClFN2O3. The van der Waals surface area contributed by atoms with Crippen molar-refractivity contribution < 1.29 is 19.1 Å². The van der Waals surface area contributed by atoms with E-state index in [4.69, 9.17) is 16.7 Å². The van der Waals surface area contributed by atoms with Crippen molar-refractivity contribution in [3.05, 3.63) is 29.0 Å². The van der Waals surface area contributed by atoms with Gasteiger partial charge in [-0.25, -0.2) is 4.39 Å². The molecule has 0 aliphatic rings. The third kappa shape index (κ3) is 4.47. The number of hydrogen-bond donors (Lipinski definition) is 3. The van der Waals surface area contributed by atoms with Gasteiger partial charge in [0, 0.05) is 17.7 Å². The molecule has 0 aliphatic heterocycles. The molecule has 0 bridgehead atoms. The van der Waals surface area contributed by atoms with Gasteiger partial charge in [0.05, 0.1) is 5.69 Å². The molecule has 0 heterocycles. The number of aliphatic hydroxyl groups excluding tert-OH is 1. The normalized spacial score (nSPS) is 13.4. The lowest BCUT2D eigenvalue weighted by molar-refractivity contribution is -0.136. The topological polar surface area (TPSA) is 78.4 Å². The number of rotatable bonds is 4. The van der Waals surface area contributed by atoms with E-state index >= 15 is 0 Å². The molecule has 1 aromatic rings. The second-order valence-electron chi connectivity index (χ2n) is 4.50. The molecule has 0 spiro atoms. The highest BCUT2D eigenvalue weighted by Gasteiger charge is 2.20. The molecule has 1 rings (SSSR count). The van der Waals surface area contributed by atoms with Crippen molar-refractivity contribution in [2.24, 2.45) is 5.92 Å². The molecule has 0 aliphatic carbocycles. The van der Waals surface area contributed by atoms with E-state index in [9.17, 15) is 14.0 Å². The summed E-state index contributed by atoms with van der Waals surface area (Å²) >= 11 is 5.58. The van der Waals surface area contributed by atoms with Crippen LogP contribution in [0.15, 0.2) is 18.2 Å². The lowest BCUT2D eigenvalue weighted by Gasteiger charge is -2.18. The smallest absolute Gasteiger partial charge is 0.313 e. The minimum atomic E-state index is -0.983. The van der Waals surface area contributed by atoms with E-state index < -0.39 is 17.6 Å². The van der Waals surface area contributed by atoms with Crippen LogP contribution in [-0.4, -0.2) is 29.6 Å². The molecule has 7 heteroatoms. The molecule has 2 amide bonds. The van der Waals surface area contributed by atoms with Crippen LogP contribution in [0.3, 0.4) is 0 Å². The summed E-state index contributed by atoms with van der Waals surface area (Å²) in [4.78, 5) is 23.2. The highest BCUT2D eigenvalue weighted by Crippen LogP contribution is 2.18. The molecule has 0 saturated carbocycles. The van der Waals surface area contributed by atoms with Crippen LogP contribution in [0, 0.1) is 11.7 Å². The van der Waals surface area contributed by atoms with Crippen molar-refractivity contribution in [3.63, 3.8) is 0 Å². The number of carbonyl (C=O) groups is 2. The van der Waals surface area contributed by atoms with Crippen molar-refractivity contribution in [1.82, 2.24) is 5.32 Å². The number of amides is 2. The fourth-order valence-corrected chi connectivity index (χ4v) is 1.50. The highest BCUT2D eigenvalue weighted by atomic mass is 35.5. The van der Waals surface area contributed by atoms with Crippen molar-refractivity contribution in [1.29, 1.82) is 0 Å². The molecule has 1 aromatic carbocycles. The van der Waals surface area contributed by atoms with Crippen molar-refractivity contribution >= 4 is 29.1 Å². The van der Waals surface area contributed by atoms with E-state index in [0.717, 1.165) is 6.07 Å². The van der Waals surface area contributed by atoms with Gasteiger partial charge in [-0.05, 0) is 31.0 Å². The third-order valence-electron chi connectivity index (χ3n) is 2.89. The Labute approximate surface area is 121 Å². The monoisotopic (exact) mass is 302 g/mol. The Bertz CT molecular complexity index is 510. The average Bonchev–Trinajstić information content (AvgIpc) is 2.40. The van der Waals surface area contributed by atoms with Gasteiger partial charge in [-0.1, -0.05) is 18.5 Å². The average molecular weight is 303 g/mol. The third-order valence-corrected chi connectivity index (χ3v) is 3.12. The van der Waals surface area contributed by atoms with Gasteiger partial charge in [0.25, 0.3) is 0 Å². The standard InChI is InChI=1S/C13H16ClFN2O3/c1-7(6-18)8(2)16-12(19)13(20)17-11-4-3-9(14)5-10(11)15/h3-5,7-8,18H,6H2,1-2H3,(H,16,19)(H,17,20). The van der Waals surface area contributed by atoms with E-state index in [0.29, 0.717) is 0 Å². The largest absolute Gasteiger partial charge is 0.396 e. The zero-order valence-electron chi connectivity index (χ0n) is 11.1. The quantitative estimate of drug-likeness (QED) is 0.738. The number of hydrogen-bond acceptors (Lipinski definition) is 3. The molecule has 3 N–H and O–H groups in total. The van der Waals surface area contributed by atoms with Crippen LogP contribution in [0.5, 0.6) is 0 Å². The van der Waals surface area contributed by atoms with Crippen LogP contribution in [0.4, 0.5) is 10.1 Å². The molecule has 5 nitrogen and oxygen atoms in total. The summed E-state index contributed by atoms with van der Waals surface area (Å²) in [6.07, 6.45) is 0. The van der Waals surface area contributed by atoms with Crippen molar-refractivity contribution in [2.45, 2.75) is 19.9 Å². The van der Waals surface area contributed by atoms with Gasteiger partial charge >= 0.3 is 11.8 Å². The maximum atomic E-state index is 13.5. The summed E-state index contributed by atoms with van der Waals surface area (Å²) in [6, 6.07) is 3.32. The van der Waals surface area contributed by atoms with Gasteiger partial charge in [0.15, 0.2) is 0 Å². The molecule has 20 heavy (non-hydrogen) atoms. The van der Waals surface area contributed by atoms with E-state index in [1.54, 1.807) is 13.8 Å². The molecule has 0 aromatic heterocycles. The maximum Gasteiger partial charge on any atom is 0.313 e. The lowest BCUT2D eigenvalue weighted by Crippen LogP contribution is -2.44. The van der Waals surface area contributed by atoms with Gasteiger partial charge < -0.3 is 15.7 Å². The SMILES string of the molecule is CC(CO)C(C)NC(=O)C(=O)Nc1ccc(Cl)cc1F. The van der Waals surface area contributed by atoms with Gasteiger partial charge in [-0.2, -0.15) is 0 Å². The van der Waals surface area contributed by atoms with Crippen LogP contribution in [-0.2, 0) is 9.59 Å². The Balaban J connectivity index is 2.64. The number of benzene rings is 1. The van der Waals surface area contributed by atoms with Crippen LogP contribution in [0.2, 0.25) is 5.02 Å². The van der Waals surface area contributed by atoms with Crippen molar-refractivity contribution in [2.75, 3.05) is 11.9 Å². The molecule has 2 unspecified atom stereocenters. The van der Waals surface area contributed by atoms with Gasteiger partial charge in [0.2, 0.25) is 0 Å². The van der Waals surface area contributed by atoms with E-state index in [-0.39, 0.29) is 29.3 Å². The summed E-state index contributed by atoms with van der Waals surface area (Å²) in [5.74, 6) is -2.80. The van der Waals surface area contributed by atoms with Gasteiger partial charge in [-0.15, -0.1) is 0 Å². The first-order valence-corrected chi connectivity index (χ1v) is 6.40. The molecule has 110 valence electrons. The van der Waals surface area contributed by atoms with Crippen LogP contribution in [0.1, 0.15) is 13.8 Å². The Kier molecular flexibility index (Phi) is 5.91. The predicted octanol–water partition coefficient (Wildman–Crippen LogP) is 1.55. The van der Waals surface area contributed by atoms with Gasteiger partial charge in [-0.3, -0.25) is 9.59 Å². The molecular weight excluding hydrogens is 287 g/mol. The number of aliphatic hydroxyl groups is 1. The van der Waals surface area contributed by atoms with Crippen LogP contribution in [0.25, 0.3) is 0 Å². The van der Waals surface area contributed by atoms with Crippen LogP contribution < -0.4 is 10.6 Å². The first kappa shape index (κ1) is 16.4. The predicted molar refractivity (Wildman–Crippen MR) is 73.9 cm³/mol. The Morgan fingerprint density at radius 1 is 1.35 bits per heavy atom. The second kappa shape index (κ2) is 7.21. The first-order chi connectivity index (χ1) is 9.35. The number of carbonyl (C=O) groups excluding carboxylic acids is 2. The summed E-state index contributed by atoms with van der Waals surface area (Å²) in [6.45, 7) is 3.27. The minimum absolute atomic E-state index is 0.116. The summed E-state index contributed by atoms with van der Waals surface area (Å²) in [7, 11) is 0. The lowest BCUT2D eigenvalue weighted by atomic mass is 10.1. The van der Waals surface area contributed by atoms with Gasteiger partial charge in [0.1, 0.15) is 5.82 Å². The van der Waals surface area contributed by atoms with E-state index in [2.05, 4.69) is 10.6 Å². The molecule has 0 fully saturated rings. The summed E-state index contributed by atoms with van der Waals surface area (Å²) in [5.41, 5.74) is -0.127. The zero-order chi connectivity index (χ0) is 15.3. The van der Waals surface area contributed by atoms with E-state index in [1.807, 2.05) is 0 Å². The van der Waals surface area contributed by atoms with E-state index in [1.165, 1.54) is 12.1 Å². The zero-order valence-corrected chi connectivity index (χ0v) is 11.9. The summed E-state index contributed by atoms with van der Waals surface area (Å²) < 4.78 is 13.5. The second-order valence-corrected chi connectivity index (χ2v) is 4.94. The number of nitrogens with one attached hydrogen (secondary N) is 2. The van der Waals surface area contributed by atoms with Crippen molar-refractivity contribution in [3.8, 4) is 0 Å². The molecule has 0 radical (unpaired) electrons. The minimum Gasteiger partial charge on any atom is -0.396 e. The fourth-order valence-electron chi connectivity index (χ4n) is 1.34. The van der Waals surface area contributed by atoms with Crippen LogP contribution >= 0.6 is 11.6 Å². The Morgan fingerprint density at radius 3 is 2.55 bits per heavy atom. The number of anilines is 1. The highest BCUT2D eigenvalue weighted by molar-refractivity contribution is 6.39. The molecule has 0 saturated heterocycles. The fraction of sp³-hybridized carbons (Fsp3) is 0.385. The Morgan fingerprint density at radius 2 is 2.00 bits per heavy atom. The summed E-state index contributed by atoms with van der Waals surface area (Å²) in [5, 5.41) is 13.7. The molecule has 2 atom stereocenters.